The average Bonchev–Trinajstić information content (AvgIpc) is 3.25. The molecule has 126 valence electrons. The molecule has 0 heterocycles. The Morgan fingerprint density at radius 3 is 2.33 bits per heavy atom. The molecule has 3 rings (SSSR count). The maximum absolute atomic E-state index is 12.4. The van der Waals surface area contributed by atoms with E-state index in [2.05, 4.69) is 12.2 Å². The van der Waals surface area contributed by atoms with E-state index in [4.69, 9.17) is 0 Å². The van der Waals surface area contributed by atoms with E-state index in [1.54, 1.807) is 24.3 Å². The Bertz CT molecular complexity index is 831. The fourth-order valence-corrected chi connectivity index (χ4v) is 4.28. The monoisotopic (exact) mass is 343 g/mol. The fraction of sp³-hybridized carbons (Fsp3) is 0.316. The lowest BCUT2D eigenvalue weighted by Gasteiger charge is -2.08. The second-order valence-electron chi connectivity index (χ2n) is 6.53. The van der Waals surface area contributed by atoms with Crippen LogP contribution in [0.5, 0.6) is 0 Å². The molecule has 0 aromatic heterocycles. The molecule has 1 N–H and O–H groups in total. The first kappa shape index (κ1) is 16.7. The van der Waals surface area contributed by atoms with Crippen LogP contribution in [0.4, 0.5) is 5.69 Å². The van der Waals surface area contributed by atoms with Gasteiger partial charge in [0.2, 0.25) is 5.91 Å². The predicted octanol–water partition coefficient (Wildman–Crippen LogP) is 3.40. The van der Waals surface area contributed by atoms with Crippen molar-refractivity contribution in [2.24, 2.45) is 11.8 Å². The van der Waals surface area contributed by atoms with Crippen molar-refractivity contribution in [1.82, 2.24) is 0 Å². The first-order valence-corrected chi connectivity index (χ1v) is 9.89. The summed E-state index contributed by atoms with van der Waals surface area (Å²) in [5.41, 5.74) is 2.13. The molecule has 2 atom stereocenters. The van der Waals surface area contributed by atoms with E-state index in [-0.39, 0.29) is 23.3 Å². The van der Waals surface area contributed by atoms with Gasteiger partial charge in [0.1, 0.15) is 0 Å². The van der Waals surface area contributed by atoms with E-state index in [0.29, 0.717) is 17.2 Å². The van der Waals surface area contributed by atoms with E-state index in [0.717, 1.165) is 12.0 Å². The summed E-state index contributed by atoms with van der Waals surface area (Å²) < 4.78 is 24.8. The number of hydrogen-bond acceptors (Lipinski definition) is 3. The second kappa shape index (κ2) is 6.77. The van der Waals surface area contributed by atoms with Crippen molar-refractivity contribution in [3.63, 3.8) is 0 Å². The molecule has 2 aromatic carbocycles. The fourth-order valence-electron chi connectivity index (χ4n) is 2.79. The van der Waals surface area contributed by atoms with E-state index in [9.17, 15) is 13.2 Å². The van der Waals surface area contributed by atoms with Crippen molar-refractivity contribution in [3.05, 3.63) is 65.7 Å². The van der Waals surface area contributed by atoms with Gasteiger partial charge in [-0.1, -0.05) is 49.4 Å². The van der Waals surface area contributed by atoms with Crippen molar-refractivity contribution >= 4 is 21.4 Å². The van der Waals surface area contributed by atoms with Crippen LogP contribution in [0.3, 0.4) is 0 Å². The normalized spacial score (nSPS) is 19.7. The van der Waals surface area contributed by atoms with Crippen LogP contribution in [-0.4, -0.2) is 14.3 Å². The SMILES string of the molecule is C[C@H]1C[C@H]1C(=O)Nc1cccc(CS(=O)(=O)Cc2ccccc2)c1. The highest BCUT2D eigenvalue weighted by Gasteiger charge is 2.39. The molecule has 1 fully saturated rings. The summed E-state index contributed by atoms with van der Waals surface area (Å²) in [6.45, 7) is 2.05. The molecule has 1 aliphatic rings. The van der Waals surface area contributed by atoms with Crippen LogP contribution in [0, 0.1) is 11.8 Å². The number of carbonyl (C=O) groups excluding carboxylic acids is 1. The minimum atomic E-state index is -3.26. The molecular weight excluding hydrogens is 322 g/mol. The number of hydrogen-bond donors (Lipinski definition) is 1. The van der Waals surface area contributed by atoms with E-state index < -0.39 is 9.84 Å². The van der Waals surface area contributed by atoms with Crippen LogP contribution in [-0.2, 0) is 26.1 Å². The van der Waals surface area contributed by atoms with Crippen molar-refractivity contribution in [2.45, 2.75) is 24.9 Å². The summed E-state index contributed by atoms with van der Waals surface area (Å²) >= 11 is 0. The molecule has 0 unspecified atom stereocenters. The Labute approximate surface area is 142 Å². The number of amides is 1. The van der Waals surface area contributed by atoms with Gasteiger partial charge in [0.15, 0.2) is 9.84 Å². The zero-order valence-corrected chi connectivity index (χ0v) is 14.4. The molecule has 24 heavy (non-hydrogen) atoms. The first-order chi connectivity index (χ1) is 11.4. The van der Waals surface area contributed by atoms with Gasteiger partial charge in [0, 0.05) is 11.6 Å². The third kappa shape index (κ3) is 4.45. The van der Waals surface area contributed by atoms with Crippen molar-refractivity contribution in [2.75, 3.05) is 5.32 Å². The third-order valence-electron chi connectivity index (χ3n) is 4.26. The topological polar surface area (TPSA) is 63.2 Å². The number of nitrogens with one attached hydrogen (secondary N) is 1. The maximum Gasteiger partial charge on any atom is 0.227 e. The average molecular weight is 343 g/mol. The molecule has 0 spiro atoms. The van der Waals surface area contributed by atoms with Crippen molar-refractivity contribution in [1.29, 1.82) is 0 Å². The number of sulfone groups is 1. The highest BCUT2D eigenvalue weighted by molar-refractivity contribution is 7.89. The lowest BCUT2D eigenvalue weighted by Crippen LogP contribution is -2.14. The molecule has 0 aliphatic heterocycles. The Balaban J connectivity index is 1.66. The molecule has 1 saturated carbocycles. The molecule has 1 aliphatic carbocycles. The zero-order chi connectivity index (χ0) is 17.2. The highest BCUT2D eigenvalue weighted by Crippen LogP contribution is 2.38. The van der Waals surface area contributed by atoms with E-state index in [1.807, 2.05) is 30.3 Å². The molecule has 0 radical (unpaired) electrons. The van der Waals surface area contributed by atoms with Crippen LogP contribution in [0.2, 0.25) is 0 Å². The quantitative estimate of drug-likeness (QED) is 0.874. The van der Waals surface area contributed by atoms with Crippen LogP contribution in [0.15, 0.2) is 54.6 Å². The van der Waals surface area contributed by atoms with Crippen LogP contribution >= 0.6 is 0 Å². The Hall–Kier alpha value is -2.14. The minimum absolute atomic E-state index is 0.0179. The summed E-state index contributed by atoms with van der Waals surface area (Å²) in [7, 11) is -3.26. The minimum Gasteiger partial charge on any atom is -0.326 e. The van der Waals surface area contributed by atoms with Gasteiger partial charge in [0.05, 0.1) is 11.5 Å². The molecule has 2 aromatic rings. The van der Waals surface area contributed by atoms with Gasteiger partial charge in [0.25, 0.3) is 0 Å². The second-order valence-corrected chi connectivity index (χ2v) is 8.59. The van der Waals surface area contributed by atoms with E-state index in [1.165, 1.54) is 0 Å². The highest BCUT2D eigenvalue weighted by atomic mass is 32.2. The van der Waals surface area contributed by atoms with Crippen LogP contribution in [0.25, 0.3) is 0 Å². The molecular formula is C19H21NO3S. The number of rotatable bonds is 6. The molecule has 5 heteroatoms. The van der Waals surface area contributed by atoms with Gasteiger partial charge in [-0.2, -0.15) is 0 Å². The summed E-state index contributed by atoms with van der Waals surface area (Å²) in [6.07, 6.45) is 0.928. The maximum atomic E-state index is 12.4. The predicted molar refractivity (Wildman–Crippen MR) is 95.1 cm³/mol. The summed E-state index contributed by atoms with van der Waals surface area (Å²) in [5, 5.41) is 2.88. The standard InChI is InChI=1S/C19H21NO3S/c1-14-10-18(14)19(21)20-17-9-5-8-16(11-17)13-24(22,23)12-15-6-3-2-4-7-15/h2-9,11,14,18H,10,12-13H2,1H3,(H,20,21)/t14-,18+/m0/s1. The van der Waals surface area contributed by atoms with Gasteiger partial charge < -0.3 is 5.32 Å². The molecule has 4 nitrogen and oxygen atoms in total. The lowest BCUT2D eigenvalue weighted by atomic mass is 10.2. The lowest BCUT2D eigenvalue weighted by molar-refractivity contribution is -0.117. The molecule has 0 saturated heterocycles. The first-order valence-electron chi connectivity index (χ1n) is 8.07. The molecule has 0 bridgehead atoms. The van der Waals surface area contributed by atoms with Gasteiger partial charge >= 0.3 is 0 Å². The Kier molecular flexibility index (Phi) is 4.71. The van der Waals surface area contributed by atoms with Gasteiger partial charge in [-0.15, -0.1) is 0 Å². The Morgan fingerprint density at radius 2 is 1.67 bits per heavy atom. The van der Waals surface area contributed by atoms with Gasteiger partial charge in [-0.25, -0.2) is 8.42 Å². The van der Waals surface area contributed by atoms with Gasteiger partial charge in [-0.05, 0) is 35.6 Å². The van der Waals surface area contributed by atoms with Crippen molar-refractivity contribution < 1.29 is 13.2 Å². The zero-order valence-electron chi connectivity index (χ0n) is 13.6. The summed E-state index contributed by atoms with van der Waals surface area (Å²) in [5.74, 6) is 0.539. The number of anilines is 1. The Morgan fingerprint density at radius 1 is 1.04 bits per heavy atom. The molecule has 1 amide bonds. The number of benzene rings is 2. The summed E-state index contributed by atoms with van der Waals surface area (Å²) in [4.78, 5) is 12.0. The smallest absolute Gasteiger partial charge is 0.227 e. The number of carbonyl (C=O) groups is 1. The largest absolute Gasteiger partial charge is 0.326 e. The van der Waals surface area contributed by atoms with Crippen molar-refractivity contribution in [3.8, 4) is 0 Å². The van der Waals surface area contributed by atoms with Crippen LogP contribution in [0.1, 0.15) is 24.5 Å². The third-order valence-corrected chi connectivity index (χ3v) is 5.80. The van der Waals surface area contributed by atoms with Crippen LogP contribution < -0.4 is 5.32 Å². The van der Waals surface area contributed by atoms with Gasteiger partial charge in [-0.3, -0.25) is 4.79 Å². The van der Waals surface area contributed by atoms with E-state index >= 15 is 0 Å². The summed E-state index contributed by atoms with van der Waals surface area (Å²) in [6, 6.07) is 16.2.